The SMILES string of the molecule is Cc1[nH]ncc1S(=O)(=O)Nc1ccc(C#N)cc1Br. The zero-order valence-corrected chi connectivity index (χ0v) is 12.2. The zero-order valence-electron chi connectivity index (χ0n) is 9.81. The van der Waals surface area contributed by atoms with Crippen molar-refractivity contribution in [3.8, 4) is 6.07 Å². The molecule has 0 bridgehead atoms. The van der Waals surface area contributed by atoms with Crippen LogP contribution in [0.5, 0.6) is 0 Å². The van der Waals surface area contributed by atoms with E-state index in [1.165, 1.54) is 18.3 Å². The molecule has 0 amide bonds. The number of anilines is 1. The monoisotopic (exact) mass is 340 g/mol. The number of nitrogens with one attached hydrogen (secondary N) is 2. The van der Waals surface area contributed by atoms with Gasteiger partial charge in [0.15, 0.2) is 0 Å². The molecule has 0 unspecified atom stereocenters. The van der Waals surface area contributed by atoms with Crippen molar-refractivity contribution in [2.24, 2.45) is 0 Å². The Balaban J connectivity index is 2.37. The first-order valence-electron chi connectivity index (χ1n) is 5.16. The van der Waals surface area contributed by atoms with E-state index in [4.69, 9.17) is 5.26 Å². The normalized spacial score (nSPS) is 11.0. The van der Waals surface area contributed by atoms with Gasteiger partial charge < -0.3 is 0 Å². The molecule has 0 spiro atoms. The van der Waals surface area contributed by atoms with Gasteiger partial charge in [0.1, 0.15) is 4.90 Å². The number of hydrogen-bond acceptors (Lipinski definition) is 4. The minimum absolute atomic E-state index is 0.0868. The largest absolute Gasteiger partial charge is 0.281 e. The van der Waals surface area contributed by atoms with Crippen LogP contribution in [0.1, 0.15) is 11.3 Å². The number of aryl methyl sites for hydroxylation is 1. The Morgan fingerprint density at radius 3 is 2.74 bits per heavy atom. The fraction of sp³-hybridized carbons (Fsp3) is 0.0909. The molecule has 0 saturated carbocycles. The van der Waals surface area contributed by atoms with Gasteiger partial charge in [-0.3, -0.25) is 9.82 Å². The molecule has 0 fully saturated rings. The summed E-state index contributed by atoms with van der Waals surface area (Å²) in [5.74, 6) is 0. The van der Waals surface area contributed by atoms with Crippen LogP contribution in [0.2, 0.25) is 0 Å². The third-order valence-electron chi connectivity index (χ3n) is 2.42. The second-order valence-electron chi connectivity index (χ2n) is 3.77. The predicted molar refractivity (Wildman–Crippen MR) is 73.0 cm³/mol. The van der Waals surface area contributed by atoms with Crippen LogP contribution < -0.4 is 4.72 Å². The number of benzene rings is 1. The molecule has 8 heteroatoms. The van der Waals surface area contributed by atoms with E-state index in [1.807, 2.05) is 6.07 Å². The summed E-state index contributed by atoms with van der Waals surface area (Å²) >= 11 is 3.22. The summed E-state index contributed by atoms with van der Waals surface area (Å²) in [6, 6.07) is 6.57. The van der Waals surface area contributed by atoms with Crippen molar-refractivity contribution in [3.05, 3.63) is 40.1 Å². The van der Waals surface area contributed by atoms with E-state index in [1.54, 1.807) is 13.0 Å². The molecule has 6 nitrogen and oxygen atoms in total. The molecular formula is C11H9BrN4O2S. The van der Waals surface area contributed by atoms with E-state index < -0.39 is 10.0 Å². The van der Waals surface area contributed by atoms with Gasteiger partial charge in [0.05, 0.1) is 29.2 Å². The summed E-state index contributed by atoms with van der Waals surface area (Å²) in [4.78, 5) is 0.0868. The van der Waals surface area contributed by atoms with Crippen LogP contribution in [0.4, 0.5) is 5.69 Å². The summed E-state index contributed by atoms with van der Waals surface area (Å²) in [7, 11) is -3.70. The lowest BCUT2D eigenvalue weighted by Crippen LogP contribution is -2.13. The maximum Gasteiger partial charge on any atom is 0.265 e. The average Bonchev–Trinajstić information content (AvgIpc) is 2.79. The number of nitriles is 1. The number of hydrogen-bond donors (Lipinski definition) is 2. The molecule has 0 aliphatic heterocycles. The van der Waals surface area contributed by atoms with E-state index in [0.29, 0.717) is 21.4 Å². The molecule has 2 aromatic rings. The van der Waals surface area contributed by atoms with Gasteiger partial charge in [-0.15, -0.1) is 0 Å². The summed E-state index contributed by atoms with van der Waals surface area (Å²) in [6.07, 6.45) is 1.25. The number of H-pyrrole nitrogens is 1. The molecule has 2 rings (SSSR count). The van der Waals surface area contributed by atoms with Crippen molar-refractivity contribution in [1.29, 1.82) is 5.26 Å². The molecule has 19 heavy (non-hydrogen) atoms. The van der Waals surface area contributed by atoms with Crippen LogP contribution in [-0.2, 0) is 10.0 Å². The second kappa shape index (κ2) is 5.03. The van der Waals surface area contributed by atoms with Crippen molar-refractivity contribution in [2.45, 2.75) is 11.8 Å². The Kier molecular flexibility index (Phi) is 3.59. The highest BCUT2D eigenvalue weighted by atomic mass is 79.9. The second-order valence-corrected chi connectivity index (χ2v) is 6.28. The quantitative estimate of drug-likeness (QED) is 0.894. The van der Waals surface area contributed by atoms with Crippen LogP contribution in [0.25, 0.3) is 0 Å². The van der Waals surface area contributed by atoms with Gasteiger partial charge in [-0.05, 0) is 41.1 Å². The maximum atomic E-state index is 12.1. The van der Waals surface area contributed by atoms with Gasteiger partial charge in [0, 0.05) is 4.47 Å². The number of halogens is 1. The highest BCUT2D eigenvalue weighted by Gasteiger charge is 2.19. The minimum atomic E-state index is -3.70. The van der Waals surface area contributed by atoms with E-state index >= 15 is 0 Å². The summed E-state index contributed by atoms with van der Waals surface area (Å²) < 4.78 is 27.2. The highest BCUT2D eigenvalue weighted by molar-refractivity contribution is 9.10. The van der Waals surface area contributed by atoms with E-state index in [0.717, 1.165) is 0 Å². The van der Waals surface area contributed by atoms with Crippen molar-refractivity contribution >= 4 is 31.6 Å². The summed E-state index contributed by atoms with van der Waals surface area (Å²) in [6.45, 7) is 1.62. The van der Waals surface area contributed by atoms with E-state index in [9.17, 15) is 8.42 Å². The Morgan fingerprint density at radius 2 is 2.21 bits per heavy atom. The third-order valence-corrected chi connectivity index (χ3v) is 4.55. The molecular weight excluding hydrogens is 332 g/mol. The summed E-state index contributed by atoms with van der Waals surface area (Å²) in [5, 5.41) is 15.0. The van der Waals surface area contributed by atoms with E-state index in [-0.39, 0.29) is 4.90 Å². The Hall–Kier alpha value is -1.85. The number of rotatable bonds is 3. The Morgan fingerprint density at radius 1 is 1.47 bits per heavy atom. The Bertz CT molecular complexity index is 761. The standard InChI is InChI=1S/C11H9BrN4O2S/c1-7-11(6-14-15-7)19(17,18)16-10-3-2-8(5-13)4-9(10)12/h2-4,6,16H,1H3,(H,14,15). The van der Waals surface area contributed by atoms with Crippen LogP contribution in [0.3, 0.4) is 0 Å². The number of aromatic nitrogens is 2. The van der Waals surface area contributed by atoms with Gasteiger partial charge in [0.25, 0.3) is 10.0 Å². The first kappa shape index (κ1) is 13.6. The molecule has 1 heterocycles. The third kappa shape index (κ3) is 2.77. The molecule has 0 atom stereocenters. The first-order valence-corrected chi connectivity index (χ1v) is 7.44. The molecule has 98 valence electrons. The molecule has 0 saturated heterocycles. The van der Waals surface area contributed by atoms with Gasteiger partial charge in [-0.2, -0.15) is 10.4 Å². The first-order chi connectivity index (χ1) is 8.94. The van der Waals surface area contributed by atoms with Crippen LogP contribution in [0.15, 0.2) is 33.8 Å². The van der Waals surface area contributed by atoms with Crippen molar-refractivity contribution in [2.75, 3.05) is 4.72 Å². The predicted octanol–water partition coefficient (Wildman–Crippen LogP) is 2.15. The fourth-order valence-corrected chi connectivity index (χ4v) is 3.30. The molecule has 0 aliphatic rings. The smallest absolute Gasteiger partial charge is 0.265 e. The summed E-state index contributed by atoms with van der Waals surface area (Å²) in [5.41, 5.74) is 1.26. The minimum Gasteiger partial charge on any atom is -0.281 e. The lowest BCUT2D eigenvalue weighted by molar-refractivity contribution is 0.600. The number of nitrogens with zero attached hydrogens (tertiary/aromatic N) is 2. The van der Waals surface area contributed by atoms with E-state index in [2.05, 4.69) is 30.8 Å². The number of aromatic amines is 1. The fourth-order valence-electron chi connectivity index (χ4n) is 1.48. The van der Waals surface area contributed by atoms with Crippen LogP contribution >= 0.6 is 15.9 Å². The van der Waals surface area contributed by atoms with Crippen molar-refractivity contribution in [3.63, 3.8) is 0 Å². The van der Waals surface area contributed by atoms with Gasteiger partial charge in [0.2, 0.25) is 0 Å². The Labute approximate surface area is 118 Å². The molecule has 1 aromatic carbocycles. The van der Waals surface area contributed by atoms with Crippen molar-refractivity contribution < 1.29 is 8.42 Å². The van der Waals surface area contributed by atoms with Crippen LogP contribution in [-0.4, -0.2) is 18.6 Å². The van der Waals surface area contributed by atoms with Gasteiger partial charge in [-0.25, -0.2) is 8.42 Å². The molecule has 1 aromatic heterocycles. The van der Waals surface area contributed by atoms with Gasteiger partial charge in [-0.1, -0.05) is 0 Å². The molecule has 0 radical (unpaired) electrons. The van der Waals surface area contributed by atoms with Crippen molar-refractivity contribution in [1.82, 2.24) is 10.2 Å². The van der Waals surface area contributed by atoms with Crippen LogP contribution in [0, 0.1) is 18.3 Å². The highest BCUT2D eigenvalue weighted by Crippen LogP contribution is 2.26. The maximum absolute atomic E-state index is 12.1. The lowest BCUT2D eigenvalue weighted by atomic mass is 10.2. The topological polar surface area (TPSA) is 98.6 Å². The lowest BCUT2D eigenvalue weighted by Gasteiger charge is -2.09. The number of sulfonamides is 1. The molecule has 0 aliphatic carbocycles. The molecule has 2 N–H and O–H groups in total. The average molecular weight is 341 g/mol. The van der Waals surface area contributed by atoms with Gasteiger partial charge >= 0.3 is 0 Å². The zero-order chi connectivity index (χ0) is 14.0.